The van der Waals surface area contributed by atoms with Crippen molar-refractivity contribution in [3.05, 3.63) is 11.1 Å². The van der Waals surface area contributed by atoms with Gasteiger partial charge in [0.1, 0.15) is 5.60 Å². The lowest BCUT2D eigenvalue weighted by Crippen LogP contribution is -2.58. The molecule has 2 aliphatic rings. The Morgan fingerprint density at radius 3 is 2.64 bits per heavy atom. The highest BCUT2D eigenvalue weighted by Crippen LogP contribution is 2.48. The smallest absolute Gasteiger partial charge is 0.193 e. The zero-order valence-electron chi connectivity index (χ0n) is 8.89. The zero-order chi connectivity index (χ0) is 10.6. The molecule has 0 aromatic rings. The minimum Gasteiger partial charge on any atom is -0.382 e. The van der Waals surface area contributed by atoms with Gasteiger partial charge in [-0.05, 0) is 44.8 Å². The third-order valence-electron chi connectivity index (χ3n) is 3.82. The second kappa shape index (κ2) is 2.67. The number of ketones is 1. The first kappa shape index (κ1) is 9.87. The van der Waals surface area contributed by atoms with Gasteiger partial charge >= 0.3 is 0 Å². The van der Waals surface area contributed by atoms with Gasteiger partial charge in [-0.1, -0.05) is 0 Å². The van der Waals surface area contributed by atoms with Crippen molar-refractivity contribution in [2.24, 2.45) is 0 Å². The molecule has 0 unspecified atom stereocenters. The first-order valence-electron chi connectivity index (χ1n) is 5.02. The number of ether oxygens (including phenoxy) is 1. The van der Waals surface area contributed by atoms with Crippen LogP contribution >= 0.6 is 0 Å². The normalized spacial score (nSPS) is 43.0. The highest BCUT2D eigenvalue weighted by Gasteiger charge is 2.61. The van der Waals surface area contributed by atoms with Crippen molar-refractivity contribution in [2.45, 2.75) is 44.8 Å². The van der Waals surface area contributed by atoms with Gasteiger partial charge in [-0.25, -0.2) is 0 Å². The molecule has 1 fully saturated rings. The van der Waals surface area contributed by atoms with Gasteiger partial charge in [-0.2, -0.15) is 0 Å². The Kier molecular flexibility index (Phi) is 1.88. The van der Waals surface area contributed by atoms with Gasteiger partial charge in [0.25, 0.3) is 0 Å². The summed E-state index contributed by atoms with van der Waals surface area (Å²) in [4.78, 5) is 11.9. The van der Waals surface area contributed by atoms with Crippen LogP contribution in [0.1, 0.15) is 33.6 Å². The van der Waals surface area contributed by atoms with Crippen molar-refractivity contribution in [1.29, 1.82) is 0 Å². The van der Waals surface area contributed by atoms with E-state index in [0.717, 1.165) is 12.0 Å². The van der Waals surface area contributed by atoms with E-state index in [1.54, 1.807) is 13.8 Å². The number of rotatable bonds is 0. The topological polar surface area (TPSA) is 46.5 Å². The van der Waals surface area contributed by atoms with E-state index in [1.807, 2.05) is 6.92 Å². The monoisotopic (exact) mass is 196 g/mol. The highest BCUT2D eigenvalue weighted by atomic mass is 16.5. The molecule has 1 aliphatic carbocycles. The van der Waals surface area contributed by atoms with E-state index < -0.39 is 11.2 Å². The predicted octanol–water partition coefficient (Wildman–Crippen LogP) is 1.21. The van der Waals surface area contributed by atoms with Crippen LogP contribution in [-0.4, -0.2) is 28.7 Å². The molecule has 1 heterocycles. The van der Waals surface area contributed by atoms with Crippen molar-refractivity contribution >= 4 is 5.78 Å². The van der Waals surface area contributed by atoms with E-state index in [0.29, 0.717) is 18.6 Å². The average Bonchev–Trinajstić information content (AvgIpc) is 2.30. The Bertz CT molecular complexity index is 331. The van der Waals surface area contributed by atoms with Crippen molar-refractivity contribution in [3.8, 4) is 0 Å². The van der Waals surface area contributed by atoms with Gasteiger partial charge in [-0.15, -0.1) is 0 Å². The summed E-state index contributed by atoms with van der Waals surface area (Å²) in [7, 11) is 0. The van der Waals surface area contributed by atoms with E-state index >= 15 is 0 Å². The summed E-state index contributed by atoms with van der Waals surface area (Å²) >= 11 is 0. The minimum atomic E-state index is -1.06. The van der Waals surface area contributed by atoms with Gasteiger partial charge in [0.15, 0.2) is 11.4 Å². The fourth-order valence-corrected chi connectivity index (χ4v) is 2.60. The first-order valence-corrected chi connectivity index (χ1v) is 5.02. The summed E-state index contributed by atoms with van der Waals surface area (Å²) in [5.74, 6) is -0.0581. The van der Waals surface area contributed by atoms with E-state index in [9.17, 15) is 9.90 Å². The molecule has 3 heteroatoms. The molecule has 78 valence electrons. The molecule has 0 aromatic heterocycles. The molecule has 0 saturated carbocycles. The van der Waals surface area contributed by atoms with Crippen molar-refractivity contribution in [3.63, 3.8) is 0 Å². The maximum Gasteiger partial charge on any atom is 0.193 e. The predicted molar refractivity (Wildman–Crippen MR) is 51.9 cm³/mol. The van der Waals surface area contributed by atoms with Crippen LogP contribution in [0.5, 0.6) is 0 Å². The molecule has 0 bridgehead atoms. The second-order valence-corrected chi connectivity index (χ2v) is 4.42. The van der Waals surface area contributed by atoms with Crippen molar-refractivity contribution < 1.29 is 14.6 Å². The minimum absolute atomic E-state index is 0.0581. The van der Waals surface area contributed by atoms with Gasteiger partial charge < -0.3 is 9.84 Å². The van der Waals surface area contributed by atoms with Crippen LogP contribution in [0, 0.1) is 0 Å². The summed E-state index contributed by atoms with van der Waals surface area (Å²) in [5.41, 5.74) is -0.646. The maximum absolute atomic E-state index is 11.9. The molecule has 2 atom stereocenters. The van der Waals surface area contributed by atoms with Crippen LogP contribution in [0.3, 0.4) is 0 Å². The summed E-state index contributed by atoms with van der Waals surface area (Å²) in [5, 5.41) is 10.5. The number of aliphatic hydroxyl groups is 1. The van der Waals surface area contributed by atoms with Gasteiger partial charge in [0.05, 0.1) is 0 Å². The van der Waals surface area contributed by atoms with E-state index in [1.165, 1.54) is 0 Å². The molecule has 2 rings (SSSR count). The number of carbonyl (C=O) groups excluding carboxylic acids is 1. The number of carbonyl (C=O) groups is 1. The lowest BCUT2D eigenvalue weighted by Gasteiger charge is -2.43. The first-order chi connectivity index (χ1) is 6.43. The van der Waals surface area contributed by atoms with Crippen LogP contribution < -0.4 is 0 Å². The molecular weight excluding hydrogens is 180 g/mol. The van der Waals surface area contributed by atoms with E-state index in [4.69, 9.17) is 4.74 Å². The molecule has 3 nitrogen and oxygen atoms in total. The Morgan fingerprint density at radius 1 is 1.43 bits per heavy atom. The van der Waals surface area contributed by atoms with Crippen LogP contribution in [0.4, 0.5) is 0 Å². The highest BCUT2D eigenvalue weighted by molar-refractivity contribution is 6.06. The summed E-state index contributed by atoms with van der Waals surface area (Å²) in [6, 6.07) is 0. The summed E-state index contributed by atoms with van der Waals surface area (Å²) in [6.07, 6.45) is 1.43. The Balaban J connectivity index is 2.55. The zero-order valence-corrected chi connectivity index (χ0v) is 8.89. The second-order valence-electron chi connectivity index (χ2n) is 4.42. The Labute approximate surface area is 83.8 Å². The molecule has 0 radical (unpaired) electrons. The molecule has 0 spiro atoms. The standard InChI is InChI=1S/C11H16O3/c1-7-8(2)11(13)5-4-6-14-10(11,3)9(7)12/h13H,4-6H2,1-3H3/t10-,11-/m0/s1. The Morgan fingerprint density at radius 2 is 2.07 bits per heavy atom. The fraction of sp³-hybridized carbons (Fsp3) is 0.727. The Hall–Kier alpha value is -0.670. The number of Topliss-reactive ketones (excluding diaryl/α,β-unsaturated/α-hetero) is 1. The third-order valence-corrected chi connectivity index (χ3v) is 3.82. The largest absolute Gasteiger partial charge is 0.382 e. The number of hydrogen-bond donors (Lipinski definition) is 1. The molecule has 0 amide bonds. The molecule has 1 saturated heterocycles. The van der Waals surface area contributed by atoms with Crippen LogP contribution in [0.15, 0.2) is 11.1 Å². The van der Waals surface area contributed by atoms with E-state index in [-0.39, 0.29) is 5.78 Å². The summed E-state index contributed by atoms with van der Waals surface area (Å²) < 4.78 is 5.50. The van der Waals surface area contributed by atoms with Crippen LogP contribution in [0.2, 0.25) is 0 Å². The van der Waals surface area contributed by atoms with Crippen LogP contribution in [0.25, 0.3) is 0 Å². The van der Waals surface area contributed by atoms with Crippen LogP contribution in [-0.2, 0) is 9.53 Å². The molecule has 14 heavy (non-hydrogen) atoms. The lowest BCUT2D eigenvalue weighted by atomic mass is 9.78. The fourth-order valence-electron chi connectivity index (χ4n) is 2.60. The molecule has 1 N–H and O–H groups in total. The van der Waals surface area contributed by atoms with Gasteiger partial charge in [-0.3, -0.25) is 4.79 Å². The van der Waals surface area contributed by atoms with Crippen molar-refractivity contribution in [2.75, 3.05) is 6.61 Å². The number of hydrogen-bond acceptors (Lipinski definition) is 3. The quantitative estimate of drug-likeness (QED) is 0.633. The molecule has 0 aromatic carbocycles. The SMILES string of the molecule is CC1=C(C)[C@@]2(O)CCCO[C@@]2(C)C1=O. The summed E-state index contributed by atoms with van der Waals surface area (Å²) in [6.45, 7) is 5.86. The van der Waals surface area contributed by atoms with Crippen molar-refractivity contribution in [1.82, 2.24) is 0 Å². The van der Waals surface area contributed by atoms with Gasteiger partial charge in [0, 0.05) is 6.61 Å². The average molecular weight is 196 g/mol. The van der Waals surface area contributed by atoms with E-state index in [2.05, 4.69) is 0 Å². The molecular formula is C11H16O3. The lowest BCUT2D eigenvalue weighted by molar-refractivity contribution is -0.184. The van der Waals surface area contributed by atoms with Gasteiger partial charge in [0.2, 0.25) is 0 Å². The third kappa shape index (κ3) is 0.868. The molecule has 1 aliphatic heterocycles. The maximum atomic E-state index is 11.9. The number of fused-ring (bicyclic) bond motifs is 1.